The molecule has 50 heavy (non-hydrogen) atoms. The van der Waals surface area contributed by atoms with E-state index < -0.39 is 27.1 Å². The zero-order valence-corrected chi connectivity index (χ0v) is 31.5. The molecule has 4 aromatic rings. The summed E-state index contributed by atoms with van der Waals surface area (Å²) < 4.78 is 35.5. The molecule has 4 unspecified atom stereocenters. The lowest BCUT2D eigenvalue weighted by Crippen LogP contribution is -2.54. The lowest BCUT2D eigenvalue weighted by atomic mass is 9.64. The van der Waals surface area contributed by atoms with E-state index in [1.165, 1.54) is 21.2 Å². The van der Waals surface area contributed by atoms with Gasteiger partial charge < -0.3 is 14.9 Å². The number of methoxy groups -OCH3 is 1. The summed E-state index contributed by atoms with van der Waals surface area (Å²) in [5.41, 5.74) is 1.87. The van der Waals surface area contributed by atoms with Gasteiger partial charge in [0, 0.05) is 34.5 Å². The number of carbonyl (C=O) groups excluding carboxylic acids is 1. The SMILES string of the molecule is COc1ccc(C(=O)c2cc3ccc2C2CCC(O)(CN(CCc4cccs4)S(=O)(=O)c4cccs4)C2(C)CCC=C(C)CCC(O)C3)cc1. The number of benzene rings is 2. The quantitative estimate of drug-likeness (QED) is 0.126. The lowest BCUT2D eigenvalue weighted by Gasteiger charge is -2.46. The highest BCUT2D eigenvalue weighted by Gasteiger charge is 2.58. The standard InChI is InChI=1S/C40H47NO6S3/c1-28-7-4-20-39(2)36(18-21-40(39,44)27-41(22-19-33-8-5-23-48-33)50(45,46)37-9-6-24-49-37)34-17-11-29(25-31(42)14-10-28)26-35(34)38(43)30-12-15-32(47-3)16-13-30/h5-9,11-13,15-17,23-24,26,31,36,42,44H,4,10,14,18-22,25,27H2,1-3H3. The largest absolute Gasteiger partial charge is 0.497 e. The third-order valence-electron chi connectivity index (χ3n) is 11.0. The molecule has 2 heterocycles. The van der Waals surface area contributed by atoms with Gasteiger partial charge in [-0.1, -0.05) is 42.8 Å². The van der Waals surface area contributed by atoms with Crippen molar-refractivity contribution in [3.8, 4) is 5.75 Å². The summed E-state index contributed by atoms with van der Waals surface area (Å²) in [6.07, 6.45) is 6.27. The number of nitrogens with zero attached hydrogens (tertiary/aromatic N) is 1. The van der Waals surface area contributed by atoms with Crippen LogP contribution in [0.5, 0.6) is 5.75 Å². The van der Waals surface area contributed by atoms with Crippen molar-refractivity contribution in [3.05, 3.63) is 116 Å². The third kappa shape index (κ3) is 7.56. The molecular formula is C40H47NO6S3. The molecule has 10 heteroatoms. The number of hydrogen-bond donors (Lipinski definition) is 2. The Morgan fingerprint density at radius 2 is 1.78 bits per heavy atom. The van der Waals surface area contributed by atoms with Crippen LogP contribution < -0.4 is 4.74 Å². The maximum absolute atomic E-state index is 14.3. The van der Waals surface area contributed by atoms with Gasteiger partial charge in [-0.05, 0) is 129 Å². The van der Waals surface area contributed by atoms with Crippen LogP contribution in [0.15, 0.2) is 93.3 Å². The van der Waals surface area contributed by atoms with E-state index in [1.807, 2.05) is 35.7 Å². The van der Waals surface area contributed by atoms with Crippen LogP contribution in [-0.4, -0.2) is 60.6 Å². The number of rotatable bonds is 10. The van der Waals surface area contributed by atoms with Crippen molar-refractivity contribution >= 4 is 38.5 Å². The van der Waals surface area contributed by atoms with E-state index in [-0.39, 0.29) is 29.0 Å². The van der Waals surface area contributed by atoms with Crippen molar-refractivity contribution in [3.63, 3.8) is 0 Å². The third-order valence-corrected chi connectivity index (χ3v) is 15.1. The normalized spacial score (nSPS) is 24.5. The van der Waals surface area contributed by atoms with Crippen LogP contribution in [0.2, 0.25) is 0 Å². The molecule has 0 amide bonds. The van der Waals surface area contributed by atoms with Crippen molar-refractivity contribution in [2.24, 2.45) is 5.41 Å². The van der Waals surface area contributed by atoms with Gasteiger partial charge in [0.05, 0.1) is 18.8 Å². The second kappa shape index (κ2) is 15.2. The number of allylic oxidation sites excluding steroid dienone is 2. The molecule has 0 spiro atoms. The van der Waals surface area contributed by atoms with Crippen LogP contribution in [-0.2, 0) is 22.9 Å². The van der Waals surface area contributed by atoms with Gasteiger partial charge in [0.15, 0.2) is 5.78 Å². The molecule has 3 aliphatic carbocycles. The number of fused-ring (bicyclic) bond motifs is 8. The van der Waals surface area contributed by atoms with Crippen molar-refractivity contribution < 1.29 is 28.2 Å². The first kappa shape index (κ1) is 36.7. The summed E-state index contributed by atoms with van der Waals surface area (Å²) in [6, 6.07) is 20.4. The highest BCUT2D eigenvalue weighted by Crippen LogP contribution is 2.59. The first-order chi connectivity index (χ1) is 23.9. The van der Waals surface area contributed by atoms with Crippen LogP contribution >= 0.6 is 22.7 Å². The minimum atomic E-state index is -3.88. The number of ketones is 1. The van der Waals surface area contributed by atoms with E-state index in [0.717, 1.165) is 22.4 Å². The lowest BCUT2D eigenvalue weighted by molar-refractivity contribution is -0.0722. The van der Waals surface area contributed by atoms with Gasteiger partial charge in [0.1, 0.15) is 9.96 Å². The van der Waals surface area contributed by atoms with Gasteiger partial charge in [-0.25, -0.2) is 8.42 Å². The molecule has 0 radical (unpaired) electrons. The van der Waals surface area contributed by atoms with E-state index in [1.54, 1.807) is 60.2 Å². The Morgan fingerprint density at radius 1 is 1.02 bits per heavy atom. The molecule has 4 atom stereocenters. The average molecular weight is 734 g/mol. The molecule has 2 aromatic carbocycles. The summed E-state index contributed by atoms with van der Waals surface area (Å²) in [6.45, 7) is 4.38. The zero-order valence-electron chi connectivity index (χ0n) is 29.0. The Morgan fingerprint density at radius 3 is 2.48 bits per heavy atom. The van der Waals surface area contributed by atoms with Crippen molar-refractivity contribution in [1.29, 1.82) is 0 Å². The predicted octanol–water partition coefficient (Wildman–Crippen LogP) is 8.02. The van der Waals surface area contributed by atoms with Gasteiger partial charge >= 0.3 is 0 Å². The summed E-state index contributed by atoms with van der Waals surface area (Å²) in [5, 5.41) is 27.6. The molecule has 266 valence electrons. The van der Waals surface area contributed by atoms with Crippen molar-refractivity contribution in [2.45, 2.75) is 87.0 Å². The minimum absolute atomic E-state index is 0.0413. The van der Waals surface area contributed by atoms with E-state index >= 15 is 0 Å². The molecule has 3 aliphatic rings. The Balaban J connectivity index is 1.43. The number of hydrogen-bond acceptors (Lipinski definition) is 8. The fourth-order valence-electron chi connectivity index (χ4n) is 7.90. The second-order valence-corrected chi connectivity index (χ2v) is 18.3. The fourth-order valence-corrected chi connectivity index (χ4v) is 11.2. The van der Waals surface area contributed by atoms with Crippen LogP contribution in [0.4, 0.5) is 0 Å². The Labute approximate surface area is 304 Å². The average Bonchev–Trinajstić information content (AvgIpc) is 3.88. The Hall–Kier alpha value is -3.12. The van der Waals surface area contributed by atoms with Crippen LogP contribution in [0.25, 0.3) is 0 Å². The number of thiophene rings is 2. The van der Waals surface area contributed by atoms with E-state index in [4.69, 9.17) is 4.74 Å². The molecule has 2 N–H and O–H groups in total. The molecule has 2 aromatic heterocycles. The van der Waals surface area contributed by atoms with Gasteiger partial charge in [-0.15, -0.1) is 22.7 Å². The smallest absolute Gasteiger partial charge is 0.252 e. The van der Waals surface area contributed by atoms with Gasteiger partial charge in [-0.2, -0.15) is 4.31 Å². The predicted molar refractivity (Wildman–Crippen MR) is 201 cm³/mol. The Bertz CT molecular complexity index is 1900. The van der Waals surface area contributed by atoms with E-state index in [9.17, 15) is 23.4 Å². The maximum Gasteiger partial charge on any atom is 0.252 e. The summed E-state index contributed by atoms with van der Waals surface area (Å²) >= 11 is 2.79. The Kier molecular flexibility index (Phi) is 11.2. The van der Waals surface area contributed by atoms with E-state index in [2.05, 4.69) is 19.9 Å². The summed E-state index contributed by atoms with van der Waals surface area (Å²) in [7, 11) is -2.29. The molecule has 0 saturated heterocycles. The van der Waals surface area contributed by atoms with Crippen LogP contribution in [0.3, 0.4) is 0 Å². The number of aliphatic hydroxyl groups is 2. The summed E-state index contributed by atoms with van der Waals surface area (Å²) in [4.78, 5) is 15.4. The fraction of sp³-hybridized carbons (Fsp3) is 0.425. The van der Waals surface area contributed by atoms with Crippen molar-refractivity contribution in [1.82, 2.24) is 4.31 Å². The zero-order chi connectivity index (χ0) is 35.5. The monoisotopic (exact) mass is 733 g/mol. The molecule has 7 nitrogen and oxygen atoms in total. The molecule has 2 bridgehead atoms. The van der Waals surface area contributed by atoms with Crippen LogP contribution in [0.1, 0.15) is 90.2 Å². The second-order valence-electron chi connectivity index (χ2n) is 14.1. The van der Waals surface area contributed by atoms with Gasteiger partial charge in [0.25, 0.3) is 10.0 Å². The highest BCUT2D eigenvalue weighted by molar-refractivity contribution is 7.91. The van der Waals surface area contributed by atoms with Crippen molar-refractivity contribution in [2.75, 3.05) is 20.2 Å². The molecule has 0 aliphatic heterocycles. The molecule has 7 rings (SSSR count). The molecular weight excluding hydrogens is 687 g/mol. The van der Waals surface area contributed by atoms with Gasteiger partial charge in [0.2, 0.25) is 0 Å². The van der Waals surface area contributed by atoms with Gasteiger partial charge in [-0.3, -0.25) is 4.79 Å². The topological polar surface area (TPSA) is 104 Å². The number of sulfonamides is 1. The summed E-state index contributed by atoms with van der Waals surface area (Å²) in [5.74, 6) is 0.312. The highest BCUT2D eigenvalue weighted by atomic mass is 32.2. The number of aliphatic hydroxyl groups excluding tert-OH is 1. The number of carbonyl (C=O) groups is 1. The number of ether oxygens (including phenoxy) is 1. The maximum atomic E-state index is 14.3. The molecule has 1 fully saturated rings. The van der Waals surface area contributed by atoms with E-state index in [0.29, 0.717) is 61.8 Å². The van der Waals surface area contributed by atoms with Crippen LogP contribution in [0, 0.1) is 5.41 Å². The first-order valence-electron chi connectivity index (χ1n) is 17.4. The first-order valence-corrected chi connectivity index (χ1v) is 20.6. The minimum Gasteiger partial charge on any atom is -0.497 e. The molecule has 1 saturated carbocycles.